The molecule has 2 aromatic carbocycles. The van der Waals surface area contributed by atoms with Gasteiger partial charge in [0.2, 0.25) is 15.9 Å². The Morgan fingerprint density at radius 3 is 2.27 bits per heavy atom. The van der Waals surface area contributed by atoms with Crippen molar-refractivity contribution in [1.82, 2.24) is 0 Å². The molecule has 0 aliphatic heterocycles. The number of rotatable bonds is 5. The number of hydrogen-bond donors (Lipinski definition) is 3. The van der Waals surface area contributed by atoms with Crippen LogP contribution in [0.15, 0.2) is 47.4 Å². The fourth-order valence-electron chi connectivity index (χ4n) is 2.41. The summed E-state index contributed by atoms with van der Waals surface area (Å²) in [6.07, 6.45) is 1.83. The molecule has 1 saturated carbocycles. The molecule has 0 saturated heterocycles. The van der Waals surface area contributed by atoms with Crippen LogP contribution in [0.2, 0.25) is 0 Å². The van der Waals surface area contributed by atoms with Gasteiger partial charge in [0.05, 0.1) is 4.90 Å². The molecule has 0 atom stereocenters. The smallest absolute Gasteiger partial charge is 0.255 e. The van der Waals surface area contributed by atoms with E-state index in [0.29, 0.717) is 16.9 Å². The largest absolute Gasteiger partial charge is 0.326 e. The molecule has 0 heterocycles. The van der Waals surface area contributed by atoms with Crippen molar-refractivity contribution in [3.8, 4) is 0 Å². The van der Waals surface area contributed by atoms with Crippen LogP contribution < -0.4 is 15.8 Å². The van der Waals surface area contributed by atoms with Gasteiger partial charge in [-0.15, -0.1) is 0 Å². The van der Waals surface area contributed by atoms with Crippen LogP contribution in [0.1, 0.15) is 28.8 Å². The van der Waals surface area contributed by atoms with Gasteiger partial charge in [0.1, 0.15) is 0 Å². The second-order valence-corrected chi connectivity index (χ2v) is 7.88. The van der Waals surface area contributed by atoms with E-state index in [-0.39, 0.29) is 22.6 Å². The number of carbonyl (C=O) groups excluding carboxylic acids is 2. The zero-order chi connectivity index (χ0) is 18.9. The van der Waals surface area contributed by atoms with Crippen LogP contribution >= 0.6 is 0 Å². The number of hydrogen-bond acceptors (Lipinski definition) is 4. The Bertz CT molecular complexity index is 964. The van der Waals surface area contributed by atoms with Crippen LogP contribution in [-0.4, -0.2) is 20.2 Å². The number of carbonyl (C=O) groups is 2. The highest BCUT2D eigenvalue weighted by Crippen LogP contribution is 2.31. The fraction of sp³-hybridized carbons (Fsp3) is 0.222. The Hall–Kier alpha value is -2.71. The van der Waals surface area contributed by atoms with Gasteiger partial charge in [0.25, 0.3) is 5.91 Å². The van der Waals surface area contributed by atoms with E-state index in [1.165, 1.54) is 24.3 Å². The van der Waals surface area contributed by atoms with E-state index in [9.17, 15) is 18.0 Å². The molecule has 0 bridgehead atoms. The summed E-state index contributed by atoms with van der Waals surface area (Å²) in [5.74, 6) is -0.309. The molecular weight excluding hydrogens is 354 g/mol. The first kappa shape index (κ1) is 18.1. The van der Waals surface area contributed by atoms with Crippen LogP contribution in [0.5, 0.6) is 0 Å². The standard InChI is InChI=1S/C18H19N3O4S/c1-11-2-7-14(20-17(22)12-3-4-12)10-16(11)21-18(23)13-5-8-15(9-6-13)26(19,24)25/h2,5-10,12H,3-4H2,1H3,(H,20,22)(H,21,23)(H2,19,24,25). The Kier molecular flexibility index (Phi) is 4.80. The first-order valence-corrected chi connectivity index (χ1v) is 9.64. The van der Waals surface area contributed by atoms with Gasteiger partial charge in [-0.3, -0.25) is 9.59 Å². The quantitative estimate of drug-likeness (QED) is 0.745. The van der Waals surface area contributed by atoms with Crippen molar-refractivity contribution >= 4 is 33.2 Å². The molecule has 0 aromatic heterocycles. The van der Waals surface area contributed by atoms with Crippen molar-refractivity contribution in [3.63, 3.8) is 0 Å². The molecule has 3 rings (SSSR count). The topological polar surface area (TPSA) is 118 Å². The van der Waals surface area contributed by atoms with Gasteiger partial charge in [-0.25, -0.2) is 13.6 Å². The number of nitrogens with one attached hydrogen (secondary N) is 2. The lowest BCUT2D eigenvalue weighted by Gasteiger charge is -2.12. The molecule has 1 fully saturated rings. The SMILES string of the molecule is Cc1ccc(NC(=O)C2CC2)cc1NC(=O)c1ccc(S(N)(=O)=O)cc1. The zero-order valence-corrected chi connectivity index (χ0v) is 15.0. The number of amides is 2. The van der Waals surface area contributed by atoms with Gasteiger partial charge >= 0.3 is 0 Å². The molecule has 0 radical (unpaired) electrons. The predicted octanol–water partition coefficient (Wildman–Crippen LogP) is 2.24. The van der Waals surface area contributed by atoms with E-state index in [0.717, 1.165) is 18.4 Å². The summed E-state index contributed by atoms with van der Waals surface area (Å²) in [6, 6.07) is 10.6. The molecule has 1 aliphatic carbocycles. The number of sulfonamides is 1. The first-order valence-electron chi connectivity index (χ1n) is 8.10. The van der Waals surface area contributed by atoms with Crippen LogP contribution in [0.3, 0.4) is 0 Å². The Balaban J connectivity index is 1.74. The van der Waals surface area contributed by atoms with Gasteiger partial charge in [-0.1, -0.05) is 6.07 Å². The number of anilines is 2. The highest BCUT2D eigenvalue weighted by atomic mass is 32.2. The van der Waals surface area contributed by atoms with Crippen molar-refractivity contribution in [2.75, 3.05) is 10.6 Å². The van der Waals surface area contributed by atoms with Gasteiger partial charge in [-0.2, -0.15) is 0 Å². The summed E-state index contributed by atoms with van der Waals surface area (Å²) in [4.78, 5) is 24.2. The van der Waals surface area contributed by atoms with E-state index in [1.54, 1.807) is 12.1 Å². The summed E-state index contributed by atoms with van der Waals surface area (Å²) < 4.78 is 22.5. The molecule has 2 aromatic rings. The van der Waals surface area contributed by atoms with Gasteiger partial charge < -0.3 is 10.6 Å². The monoisotopic (exact) mass is 373 g/mol. The zero-order valence-electron chi connectivity index (χ0n) is 14.2. The second kappa shape index (κ2) is 6.89. The molecule has 0 unspecified atom stereocenters. The summed E-state index contributed by atoms with van der Waals surface area (Å²) in [5, 5.41) is 10.7. The maximum atomic E-state index is 12.4. The number of nitrogens with two attached hydrogens (primary N) is 1. The summed E-state index contributed by atoms with van der Waals surface area (Å²) >= 11 is 0. The second-order valence-electron chi connectivity index (χ2n) is 6.32. The van der Waals surface area contributed by atoms with Crippen molar-refractivity contribution < 1.29 is 18.0 Å². The lowest BCUT2D eigenvalue weighted by molar-refractivity contribution is -0.117. The highest BCUT2D eigenvalue weighted by molar-refractivity contribution is 7.89. The van der Waals surface area contributed by atoms with E-state index < -0.39 is 10.0 Å². The maximum Gasteiger partial charge on any atom is 0.255 e. The van der Waals surface area contributed by atoms with Gasteiger partial charge in [-0.05, 0) is 61.7 Å². The molecule has 0 spiro atoms. The lowest BCUT2D eigenvalue weighted by atomic mass is 10.1. The van der Waals surface area contributed by atoms with E-state index in [1.807, 2.05) is 13.0 Å². The van der Waals surface area contributed by atoms with E-state index in [2.05, 4.69) is 10.6 Å². The normalized spacial score (nSPS) is 13.9. The molecule has 4 N–H and O–H groups in total. The van der Waals surface area contributed by atoms with E-state index in [4.69, 9.17) is 5.14 Å². The molecule has 8 heteroatoms. The van der Waals surface area contributed by atoms with Crippen LogP contribution in [0.25, 0.3) is 0 Å². The van der Waals surface area contributed by atoms with Gasteiger partial charge in [0.15, 0.2) is 0 Å². The molecule has 26 heavy (non-hydrogen) atoms. The minimum Gasteiger partial charge on any atom is -0.326 e. The summed E-state index contributed by atoms with van der Waals surface area (Å²) in [5.41, 5.74) is 2.32. The molecule has 7 nitrogen and oxygen atoms in total. The fourth-order valence-corrected chi connectivity index (χ4v) is 2.93. The van der Waals surface area contributed by atoms with Crippen molar-refractivity contribution in [2.45, 2.75) is 24.7 Å². The molecular formula is C18H19N3O4S. The van der Waals surface area contributed by atoms with Crippen molar-refractivity contribution in [1.29, 1.82) is 0 Å². The van der Waals surface area contributed by atoms with Crippen LogP contribution in [0, 0.1) is 12.8 Å². The molecule has 2 amide bonds. The van der Waals surface area contributed by atoms with Gasteiger partial charge in [0, 0.05) is 22.9 Å². The molecule has 136 valence electrons. The third-order valence-electron chi connectivity index (χ3n) is 4.15. The number of aryl methyl sites for hydroxylation is 1. The first-order chi connectivity index (χ1) is 12.2. The lowest BCUT2D eigenvalue weighted by Crippen LogP contribution is -2.16. The summed E-state index contributed by atoms with van der Waals surface area (Å²) in [6.45, 7) is 1.84. The Morgan fingerprint density at radius 2 is 1.69 bits per heavy atom. The van der Waals surface area contributed by atoms with Crippen molar-refractivity contribution in [2.24, 2.45) is 11.1 Å². The van der Waals surface area contributed by atoms with Crippen molar-refractivity contribution in [3.05, 3.63) is 53.6 Å². The predicted molar refractivity (Wildman–Crippen MR) is 98.3 cm³/mol. The number of benzene rings is 2. The molecule has 1 aliphatic rings. The number of primary sulfonamides is 1. The average molecular weight is 373 g/mol. The van der Waals surface area contributed by atoms with Crippen LogP contribution in [0.4, 0.5) is 11.4 Å². The Labute approximate surface area is 151 Å². The average Bonchev–Trinajstić information content (AvgIpc) is 3.42. The summed E-state index contributed by atoms with van der Waals surface area (Å²) in [7, 11) is -3.80. The minimum atomic E-state index is -3.80. The van der Waals surface area contributed by atoms with E-state index >= 15 is 0 Å². The van der Waals surface area contributed by atoms with Crippen LogP contribution in [-0.2, 0) is 14.8 Å². The highest BCUT2D eigenvalue weighted by Gasteiger charge is 2.29. The Morgan fingerprint density at radius 1 is 1.04 bits per heavy atom. The third-order valence-corrected chi connectivity index (χ3v) is 5.08. The minimum absolute atomic E-state index is 0.00953. The third kappa shape index (κ3) is 4.27. The maximum absolute atomic E-state index is 12.4.